The zero-order valence-electron chi connectivity index (χ0n) is 14.2. The molecule has 2 aromatic carbocycles. The van der Waals surface area contributed by atoms with Gasteiger partial charge in [-0.15, -0.1) is 0 Å². The van der Waals surface area contributed by atoms with E-state index in [-0.39, 0.29) is 11.7 Å². The van der Waals surface area contributed by atoms with Gasteiger partial charge in [0.05, 0.1) is 19.2 Å². The second kappa shape index (κ2) is 7.07. The average Bonchev–Trinajstić information content (AvgIpc) is 2.97. The number of para-hydroxylation sites is 1. The van der Waals surface area contributed by atoms with Gasteiger partial charge < -0.3 is 19.2 Å². The molecule has 0 radical (unpaired) electrons. The number of amides is 1. The molecule has 1 amide bonds. The van der Waals surface area contributed by atoms with Crippen molar-refractivity contribution in [2.75, 3.05) is 14.2 Å². The number of hydrogen-bond donors (Lipinski definition) is 1. The molecule has 25 heavy (non-hydrogen) atoms. The fourth-order valence-electron chi connectivity index (χ4n) is 2.66. The maximum Gasteiger partial charge on any atom is 0.287 e. The summed E-state index contributed by atoms with van der Waals surface area (Å²) in [5, 5.41) is 4.17. The maximum absolute atomic E-state index is 12.5. The molecule has 0 saturated carbocycles. The van der Waals surface area contributed by atoms with Crippen molar-refractivity contribution in [2.45, 2.75) is 13.5 Å². The first-order chi connectivity index (χ1) is 12.0. The Balaban J connectivity index is 1.82. The Morgan fingerprint density at radius 3 is 2.44 bits per heavy atom. The quantitative estimate of drug-likeness (QED) is 0.736. The van der Waals surface area contributed by atoms with Gasteiger partial charge >= 0.3 is 0 Å². The third-order valence-electron chi connectivity index (χ3n) is 3.99. The number of halogens is 1. The molecule has 0 aliphatic rings. The molecule has 0 saturated heterocycles. The fourth-order valence-corrected chi connectivity index (χ4v) is 2.87. The third kappa shape index (κ3) is 3.42. The van der Waals surface area contributed by atoms with Gasteiger partial charge in [-0.05, 0) is 30.7 Å². The number of furan rings is 1. The van der Waals surface area contributed by atoms with Gasteiger partial charge in [0, 0.05) is 23.6 Å². The largest absolute Gasteiger partial charge is 0.497 e. The number of hydrogen-bond acceptors (Lipinski definition) is 4. The lowest BCUT2D eigenvalue weighted by Crippen LogP contribution is -2.23. The molecular formula is C19H18ClNO4. The zero-order chi connectivity index (χ0) is 18.0. The Hall–Kier alpha value is -2.66. The topological polar surface area (TPSA) is 60.7 Å². The van der Waals surface area contributed by atoms with Crippen LogP contribution in [0.2, 0.25) is 5.02 Å². The first-order valence-corrected chi connectivity index (χ1v) is 8.09. The van der Waals surface area contributed by atoms with E-state index >= 15 is 0 Å². The van der Waals surface area contributed by atoms with E-state index in [1.165, 1.54) is 0 Å². The summed E-state index contributed by atoms with van der Waals surface area (Å²) in [6.07, 6.45) is 0. The van der Waals surface area contributed by atoms with Crippen molar-refractivity contribution in [3.8, 4) is 11.5 Å². The third-order valence-corrected chi connectivity index (χ3v) is 4.28. The van der Waals surface area contributed by atoms with Crippen molar-refractivity contribution in [3.05, 3.63) is 58.3 Å². The molecule has 1 aromatic heterocycles. The van der Waals surface area contributed by atoms with Crippen molar-refractivity contribution in [2.24, 2.45) is 0 Å². The van der Waals surface area contributed by atoms with Crippen LogP contribution in [0.25, 0.3) is 11.0 Å². The zero-order valence-corrected chi connectivity index (χ0v) is 14.9. The number of aryl methyl sites for hydroxylation is 1. The Bertz CT molecular complexity index is 910. The Kier molecular flexibility index (Phi) is 4.86. The van der Waals surface area contributed by atoms with Crippen LogP contribution in [0, 0.1) is 6.92 Å². The molecular weight excluding hydrogens is 342 g/mol. The average molecular weight is 360 g/mol. The summed E-state index contributed by atoms with van der Waals surface area (Å²) in [4.78, 5) is 12.5. The number of carbonyl (C=O) groups excluding carboxylic acids is 1. The number of ether oxygens (including phenoxy) is 2. The molecule has 0 aliphatic heterocycles. The second-order valence-corrected chi connectivity index (χ2v) is 5.98. The standard InChI is InChI=1S/C19H18ClNO4/c1-11-15-5-4-6-16(20)18(15)25-17(11)19(22)21-10-12-7-13(23-2)9-14(8-12)24-3/h4-9H,10H2,1-3H3,(H,21,22). The van der Waals surface area contributed by atoms with Crippen LogP contribution in [0.15, 0.2) is 40.8 Å². The molecule has 0 aliphatic carbocycles. The van der Waals surface area contributed by atoms with Crippen LogP contribution < -0.4 is 14.8 Å². The van der Waals surface area contributed by atoms with Crippen LogP contribution in [-0.4, -0.2) is 20.1 Å². The fraction of sp³-hybridized carbons (Fsp3) is 0.211. The highest BCUT2D eigenvalue weighted by atomic mass is 35.5. The van der Waals surface area contributed by atoms with Crippen molar-refractivity contribution >= 4 is 28.5 Å². The van der Waals surface area contributed by atoms with Crippen molar-refractivity contribution in [1.82, 2.24) is 5.32 Å². The van der Waals surface area contributed by atoms with E-state index < -0.39 is 0 Å². The molecule has 3 rings (SSSR count). The number of benzene rings is 2. The smallest absolute Gasteiger partial charge is 0.287 e. The monoisotopic (exact) mass is 359 g/mol. The van der Waals surface area contributed by atoms with E-state index in [1.807, 2.05) is 31.2 Å². The molecule has 1 N–H and O–H groups in total. The first kappa shape index (κ1) is 17.2. The summed E-state index contributed by atoms with van der Waals surface area (Å²) >= 11 is 6.13. The lowest BCUT2D eigenvalue weighted by Gasteiger charge is -2.09. The van der Waals surface area contributed by atoms with E-state index in [2.05, 4.69) is 5.32 Å². The van der Waals surface area contributed by atoms with E-state index in [0.29, 0.717) is 28.6 Å². The van der Waals surface area contributed by atoms with Gasteiger partial charge in [-0.2, -0.15) is 0 Å². The van der Waals surface area contributed by atoms with Crippen molar-refractivity contribution in [1.29, 1.82) is 0 Å². The van der Waals surface area contributed by atoms with Gasteiger partial charge in [-0.3, -0.25) is 4.79 Å². The van der Waals surface area contributed by atoms with E-state index in [9.17, 15) is 4.79 Å². The van der Waals surface area contributed by atoms with Crippen molar-refractivity contribution in [3.63, 3.8) is 0 Å². The second-order valence-electron chi connectivity index (χ2n) is 5.58. The van der Waals surface area contributed by atoms with Gasteiger partial charge in [-0.1, -0.05) is 23.7 Å². The van der Waals surface area contributed by atoms with Crippen LogP contribution in [0.3, 0.4) is 0 Å². The van der Waals surface area contributed by atoms with E-state index in [4.69, 9.17) is 25.5 Å². The van der Waals surface area contributed by atoms with Gasteiger partial charge in [0.2, 0.25) is 0 Å². The maximum atomic E-state index is 12.5. The Labute approximate surface area is 150 Å². The summed E-state index contributed by atoms with van der Waals surface area (Å²) in [6, 6.07) is 10.9. The summed E-state index contributed by atoms with van der Waals surface area (Å²) in [7, 11) is 3.16. The molecule has 0 bridgehead atoms. The SMILES string of the molecule is COc1cc(CNC(=O)c2oc3c(Cl)cccc3c2C)cc(OC)c1. The van der Waals surface area contributed by atoms with Crippen LogP contribution in [-0.2, 0) is 6.54 Å². The molecule has 0 unspecified atom stereocenters. The minimum atomic E-state index is -0.299. The first-order valence-electron chi connectivity index (χ1n) is 7.71. The highest BCUT2D eigenvalue weighted by Gasteiger charge is 2.18. The Morgan fingerprint density at radius 1 is 1.16 bits per heavy atom. The van der Waals surface area contributed by atoms with Gasteiger partial charge in [0.1, 0.15) is 11.5 Å². The summed E-state index contributed by atoms with van der Waals surface area (Å²) in [5.74, 6) is 1.29. The molecule has 5 nitrogen and oxygen atoms in total. The van der Waals surface area contributed by atoms with Crippen molar-refractivity contribution < 1.29 is 18.7 Å². The summed E-state index contributed by atoms with van der Waals surface area (Å²) in [5.41, 5.74) is 2.14. The predicted octanol–water partition coefficient (Wildman–Crippen LogP) is 4.34. The molecule has 130 valence electrons. The van der Waals surface area contributed by atoms with Gasteiger partial charge in [-0.25, -0.2) is 0 Å². The van der Waals surface area contributed by atoms with E-state index in [0.717, 1.165) is 16.5 Å². The van der Waals surface area contributed by atoms with Crippen LogP contribution >= 0.6 is 11.6 Å². The number of methoxy groups -OCH3 is 2. The predicted molar refractivity (Wildman–Crippen MR) is 96.7 cm³/mol. The highest BCUT2D eigenvalue weighted by Crippen LogP contribution is 2.30. The lowest BCUT2D eigenvalue weighted by atomic mass is 10.1. The molecule has 0 atom stereocenters. The number of fused-ring (bicyclic) bond motifs is 1. The minimum Gasteiger partial charge on any atom is -0.497 e. The van der Waals surface area contributed by atoms with E-state index in [1.54, 1.807) is 26.4 Å². The molecule has 0 spiro atoms. The lowest BCUT2D eigenvalue weighted by molar-refractivity contribution is 0.0924. The highest BCUT2D eigenvalue weighted by molar-refractivity contribution is 6.35. The van der Waals surface area contributed by atoms with Gasteiger partial charge in [0.25, 0.3) is 5.91 Å². The van der Waals surface area contributed by atoms with Gasteiger partial charge in [0.15, 0.2) is 11.3 Å². The molecule has 6 heteroatoms. The summed E-state index contributed by atoms with van der Waals surface area (Å²) < 4.78 is 16.1. The van der Waals surface area contributed by atoms with Crippen LogP contribution in [0.5, 0.6) is 11.5 Å². The number of carbonyl (C=O) groups is 1. The van der Waals surface area contributed by atoms with Crippen LogP contribution in [0.4, 0.5) is 0 Å². The minimum absolute atomic E-state index is 0.262. The molecule has 0 fully saturated rings. The molecule has 3 aromatic rings. The van der Waals surface area contributed by atoms with Crippen LogP contribution in [0.1, 0.15) is 21.7 Å². The number of nitrogens with one attached hydrogen (secondary N) is 1. The molecule has 1 heterocycles. The number of rotatable bonds is 5. The Morgan fingerprint density at radius 2 is 1.84 bits per heavy atom. The summed E-state index contributed by atoms with van der Waals surface area (Å²) in [6.45, 7) is 2.16. The normalized spacial score (nSPS) is 10.7.